The van der Waals surface area contributed by atoms with Crippen molar-refractivity contribution >= 4 is 15.7 Å². The molecule has 4 nitrogen and oxygen atoms in total. The van der Waals surface area contributed by atoms with Crippen LogP contribution in [0.15, 0.2) is 53.4 Å². The summed E-state index contributed by atoms with van der Waals surface area (Å²) in [7, 11) is -2.03. The van der Waals surface area contributed by atoms with E-state index in [9.17, 15) is 8.42 Å². The van der Waals surface area contributed by atoms with E-state index < -0.39 is 10.0 Å². The van der Waals surface area contributed by atoms with Crippen LogP contribution in [0, 0.1) is 0 Å². The van der Waals surface area contributed by atoms with Crippen LogP contribution in [-0.2, 0) is 16.4 Å². The van der Waals surface area contributed by atoms with E-state index in [0.717, 1.165) is 24.1 Å². The van der Waals surface area contributed by atoms with Crippen molar-refractivity contribution in [3.63, 3.8) is 0 Å². The van der Waals surface area contributed by atoms with Crippen molar-refractivity contribution in [2.75, 3.05) is 18.0 Å². The lowest BCUT2D eigenvalue weighted by atomic mass is 10.0. The Hall–Kier alpha value is -2.01. The molecule has 0 spiro atoms. The van der Waals surface area contributed by atoms with Crippen molar-refractivity contribution in [3.05, 3.63) is 54.1 Å². The number of fused-ring (bicyclic) bond motifs is 1. The molecule has 3 rings (SSSR count). The number of benzene rings is 2. The molecule has 0 N–H and O–H groups in total. The zero-order chi connectivity index (χ0) is 14.9. The number of para-hydroxylation sites is 1. The molecule has 0 fully saturated rings. The molecule has 0 atom stereocenters. The molecule has 0 saturated heterocycles. The van der Waals surface area contributed by atoms with Crippen LogP contribution in [0.4, 0.5) is 5.69 Å². The molecule has 2 aromatic carbocycles. The highest BCUT2D eigenvalue weighted by molar-refractivity contribution is 7.92. The smallest absolute Gasteiger partial charge is 0.264 e. The molecule has 0 aliphatic carbocycles. The lowest BCUT2D eigenvalue weighted by molar-refractivity contribution is 0.413. The van der Waals surface area contributed by atoms with E-state index in [0.29, 0.717) is 12.3 Å². The molecule has 1 heterocycles. The predicted octanol–water partition coefficient (Wildman–Crippen LogP) is 2.84. The first kappa shape index (κ1) is 13.9. The number of ether oxygens (including phenoxy) is 1. The van der Waals surface area contributed by atoms with Gasteiger partial charge < -0.3 is 4.74 Å². The summed E-state index contributed by atoms with van der Waals surface area (Å²) in [6.07, 6.45) is 1.75. The average Bonchev–Trinajstić information content (AvgIpc) is 2.54. The van der Waals surface area contributed by atoms with Gasteiger partial charge in [0.1, 0.15) is 5.75 Å². The Labute approximate surface area is 125 Å². The molecule has 0 bridgehead atoms. The molecule has 5 heteroatoms. The van der Waals surface area contributed by atoms with Gasteiger partial charge in [-0.2, -0.15) is 0 Å². The number of aryl methyl sites for hydroxylation is 1. The molecule has 0 unspecified atom stereocenters. The molecule has 0 amide bonds. The van der Waals surface area contributed by atoms with E-state index in [1.807, 2.05) is 24.3 Å². The third-order valence-electron chi connectivity index (χ3n) is 3.70. The molecular weight excluding hydrogens is 286 g/mol. The van der Waals surface area contributed by atoms with Gasteiger partial charge in [-0.25, -0.2) is 8.42 Å². The molecule has 21 heavy (non-hydrogen) atoms. The summed E-state index contributed by atoms with van der Waals surface area (Å²) in [5.41, 5.74) is 1.86. The highest BCUT2D eigenvalue weighted by Gasteiger charge is 2.28. The monoisotopic (exact) mass is 303 g/mol. The van der Waals surface area contributed by atoms with Gasteiger partial charge in [-0.05, 0) is 36.6 Å². The number of hydrogen-bond acceptors (Lipinski definition) is 3. The average molecular weight is 303 g/mol. The van der Waals surface area contributed by atoms with Gasteiger partial charge in [0.05, 0.1) is 17.7 Å². The lowest BCUT2D eigenvalue weighted by Crippen LogP contribution is -2.35. The van der Waals surface area contributed by atoms with Crippen molar-refractivity contribution in [3.8, 4) is 5.75 Å². The first-order chi connectivity index (χ1) is 10.1. The molecule has 110 valence electrons. The topological polar surface area (TPSA) is 46.6 Å². The highest BCUT2D eigenvalue weighted by Crippen LogP contribution is 2.32. The first-order valence-corrected chi connectivity index (χ1v) is 8.31. The quantitative estimate of drug-likeness (QED) is 0.876. The summed E-state index contributed by atoms with van der Waals surface area (Å²) in [5.74, 6) is 0.543. The molecule has 2 aromatic rings. The van der Waals surface area contributed by atoms with Gasteiger partial charge >= 0.3 is 0 Å². The fourth-order valence-corrected chi connectivity index (χ4v) is 4.21. The lowest BCUT2D eigenvalue weighted by Gasteiger charge is -2.30. The van der Waals surface area contributed by atoms with Gasteiger partial charge in [0.2, 0.25) is 0 Å². The zero-order valence-electron chi connectivity index (χ0n) is 11.8. The summed E-state index contributed by atoms with van der Waals surface area (Å²) in [4.78, 5) is 0.263. The maximum absolute atomic E-state index is 12.9. The molecule has 0 radical (unpaired) electrons. The number of hydrogen-bond donors (Lipinski definition) is 0. The van der Waals surface area contributed by atoms with Crippen molar-refractivity contribution in [1.82, 2.24) is 0 Å². The normalized spacial score (nSPS) is 14.6. The number of anilines is 1. The molecule has 0 aromatic heterocycles. The third kappa shape index (κ3) is 2.49. The third-order valence-corrected chi connectivity index (χ3v) is 5.51. The fraction of sp³-hybridized carbons (Fsp3) is 0.250. The van der Waals surface area contributed by atoms with Crippen molar-refractivity contribution in [1.29, 1.82) is 0 Å². The predicted molar refractivity (Wildman–Crippen MR) is 82.3 cm³/mol. The number of methoxy groups -OCH3 is 1. The summed E-state index contributed by atoms with van der Waals surface area (Å²) < 4.78 is 32.4. The maximum atomic E-state index is 12.9. The van der Waals surface area contributed by atoms with Crippen molar-refractivity contribution in [2.45, 2.75) is 17.7 Å². The number of nitrogens with zero attached hydrogens (tertiary/aromatic N) is 1. The van der Waals surface area contributed by atoms with Crippen LogP contribution in [-0.4, -0.2) is 22.1 Å². The summed E-state index contributed by atoms with van der Waals surface area (Å²) in [6, 6.07) is 14.3. The van der Waals surface area contributed by atoms with Crippen LogP contribution in [0.1, 0.15) is 12.0 Å². The van der Waals surface area contributed by atoms with Gasteiger partial charge in [-0.3, -0.25) is 4.31 Å². The summed E-state index contributed by atoms with van der Waals surface area (Å²) >= 11 is 0. The van der Waals surface area contributed by atoms with E-state index >= 15 is 0 Å². The largest absolute Gasteiger partial charge is 0.497 e. The van der Waals surface area contributed by atoms with Gasteiger partial charge in [-0.15, -0.1) is 0 Å². The molecule has 1 aliphatic rings. The van der Waals surface area contributed by atoms with E-state index in [4.69, 9.17) is 4.74 Å². The SMILES string of the molecule is COc1cccc(S(=O)(=O)N2CCCc3ccccc32)c1. The van der Waals surface area contributed by atoms with Gasteiger partial charge in [-0.1, -0.05) is 24.3 Å². The van der Waals surface area contributed by atoms with Gasteiger partial charge in [0, 0.05) is 12.6 Å². The van der Waals surface area contributed by atoms with E-state index in [-0.39, 0.29) is 4.90 Å². The van der Waals surface area contributed by atoms with Crippen LogP contribution >= 0.6 is 0 Å². The highest BCUT2D eigenvalue weighted by atomic mass is 32.2. The number of sulfonamides is 1. The Morgan fingerprint density at radius 2 is 1.90 bits per heavy atom. The molecule has 0 saturated carbocycles. The van der Waals surface area contributed by atoms with Crippen LogP contribution in [0.3, 0.4) is 0 Å². The van der Waals surface area contributed by atoms with Crippen LogP contribution < -0.4 is 9.04 Å². The summed E-state index contributed by atoms with van der Waals surface area (Å²) in [6.45, 7) is 0.510. The number of rotatable bonds is 3. The Morgan fingerprint density at radius 3 is 2.71 bits per heavy atom. The second-order valence-corrected chi connectivity index (χ2v) is 6.85. The Morgan fingerprint density at radius 1 is 1.10 bits per heavy atom. The minimum atomic E-state index is -3.55. The minimum Gasteiger partial charge on any atom is -0.497 e. The van der Waals surface area contributed by atoms with Gasteiger partial charge in [0.25, 0.3) is 10.0 Å². The van der Waals surface area contributed by atoms with Crippen molar-refractivity contribution < 1.29 is 13.2 Å². The first-order valence-electron chi connectivity index (χ1n) is 6.87. The Bertz CT molecular complexity index is 756. The van der Waals surface area contributed by atoms with Crippen LogP contribution in [0.5, 0.6) is 5.75 Å². The van der Waals surface area contributed by atoms with E-state index in [2.05, 4.69) is 0 Å². The summed E-state index contributed by atoms with van der Waals surface area (Å²) in [5, 5.41) is 0. The van der Waals surface area contributed by atoms with E-state index in [1.165, 1.54) is 11.4 Å². The Balaban J connectivity index is 2.07. The molecule has 1 aliphatic heterocycles. The standard InChI is InChI=1S/C16H17NO3S/c1-20-14-8-4-9-15(12-14)21(18,19)17-11-5-7-13-6-2-3-10-16(13)17/h2-4,6,8-10,12H,5,7,11H2,1H3. The van der Waals surface area contributed by atoms with Gasteiger partial charge in [0.15, 0.2) is 0 Å². The van der Waals surface area contributed by atoms with Crippen LogP contribution in [0.2, 0.25) is 0 Å². The fourth-order valence-electron chi connectivity index (χ4n) is 2.64. The second-order valence-electron chi connectivity index (χ2n) is 4.99. The molecular formula is C16H17NO3S. The van der Waals surface area contributed by atoms with E-state index in [1.54, 1.807) is 24.3 Å². The second kappa shape index (κ2) is 5.41. The maximum Gasteiger partial charge on any atom is 0.264 e. The van der Waals surface area contributed by atoms with Crippen LogP contribution in [0.25, 0.3) is 0 Å². The minimum absolute atomic E-state index is 0.263. The zero-order valence-corrected chi connectivity index (χ0v) is 12.6. The Kier molecular flexibility index (Phi) is 3.59. The van der Waals surface area contributed by atoms with Crippen molar-refractivity contribution in [2.24, 2.45) is 0 Å².